The highest BCUT2D eigenvalue weighted by atomic mass is 35.5. The van der Waals surface area contributed by atoms with Gasteiger partial charge in [-0.2, -0.15) is 0 Å². The number of H-pyrrole nitrogens is 1. The van der Waals surface area contributed by atoms with Gasteiger partial charge in [0.2, 0.25) is 0 Å². The van der Waals surface area contributed by atoms with Crippen molar-refractivity contribution in [3.63, 3.8) is 0 Å². The van der Waals surface area contributed by atoms with Crippen molar-refractivity contribution in [1.29, 1.82) is 0 Å². The fourth-order valence-corrected chi connectivity index (χ4v) is 2.35. The number of hydrogen-bond acceptors (Lipinski definition) is 3. The van der Waals surface area contributed by atoms with E-state index < -0.39 is 0 Å². The van der Waals surface area contributed by atoms with Crippen LogP contribution in [0.4, 0.5) is 0 Å². The van der Waals surface area contributed by atoms with Gasteiger partial charge in [-0.15, -0.1) is 11.8 Å². The number of hydrogen-bond donors (Lipinski definition) is 2. The van der Waals surface area contributed by atoms with E-state index in [1.807, 2.05) is 37.5 Å². The smallest absolute Gasteiger partial charge is 0.116 e. The van der Waals surface area contributed by atoms with Gasteiger partial charge in [-0.1, -0.05) is 11.6 Å². The van der Waals surface area contributed by atoms with Crippen molar-refractivity contribution < 1.29 is 0 Å². The number of benzene rings is 1. The van der Waals surface area contributed by atoms with E-state index in [9.17, 15) is 0 Å². The summed E-state index contributed by atoms with van der Waals surface area (Å²) in [6.45, 7) is 0.818. The molecule has 0 atom stereocenters. The van der Waals surface area contributed by atoms with Gasteiger partial charge in [-0.05, 0) is 31.3 Å². The molecule has 0 saturated heterocycles. The topological polar surface area (TPSA) is 40.7 Å². The molecule has 0 amide bonds. The molecule has 0 aliphatic carbocycles. The normalized spacial score (nSPS) is 10.7. The van der Waals surface area contributed by atoms with Crippen molar-refractivity contribution >= 4 is 23.4 Å². The van der Waals surface area contributed by atoms with E-state index in [2.05, 4.69) is 15.3 Å². The van der Waals surface area contributed by atoms with Crippen LogP contribution in [0.15, 0.2) is 35.4 Å². The van der Waals surface area contributed by atoms with Crippen LogP contribution in [0, 0.1) is 0 Å². The number of rotatable bonds is 5. The first-order valence-corrected chi connectivity index (χ1v) is 6.70. The summed E-state index contributed by atoms with van der Waals surface area (Å²) in [7, 11) is 1.92. The average Bonchev–Trinajstić information content (AvgIpc) is 2.77. The van der Waals surface area contributed by atoms with Crippen LogP contribution in [0.5, 0.6) is 0 Å². The van der Waals surface area contributed by atoms with Crippen LogP contribution in [-0.4, -0.2) is 17.0 Å². The third-order valence-electron chi connectivity index (χ3n) is 2.24. The number of aromatic nitrogens is 2. The summed E-state index contributed by atoms with van der Waals surface area (Å²) >= 11 is 7.57. The second-order valence-electron chi connectivity index (χ2n) is 3.63. The lowest BCUT2D eigenvalue weighted by Gasteiger charge is -1.99. The summed E-state index contributed by atoms with van der Waals surface area (Å²) in [6, 6.07) is 7.84. The first-order chi connectivity index (χ1) is 8.28. The quantitative estimate of drug-likeness (QED) is 0.818. The number of thioether (sulfide) groups is 1. The molecule has 3 nitrogen and oxygen atoms in total. The number of halogens is 1. The Labute approximate surface area is 110 Å². The summed E-state index contributed by atoms with van der Waals surface area (Å²) in [6.07, 6.45) is 1.87. The average molecular weight is 268 g/mol. The van der Waals surface area contributed by atoms with Gasteiger partial charge in [0.05, 0.1) is 5.75 Å². The molecule has 1 heterocycles. The van der Waals surface area contributed by atoms with Crippen LogP contribution in [0.2, 0.25) is 5.02 Å². The fourth-order valence-electron chi connectivity index (χ4n) is 1.44. The Morgan fingerprint density at radius 1 is 1.35 bits per heavy atom. The van der Waals surface area contributed by atoms with Gasteiger partial charge in [0.25, 0.3) is 0 Å². The number of aromatic amines is 1. The maximum Gasteiger partial charge on any atom is 0.116 e. The highest BCUT2D eigenvalue weighted by Gasteiger charge is 2.01. The van der Waals surface area contributed by atoms with Crippen LogP contribution in [0.3, 0.4) is 0 Å². The summed E-state index contributed by atoms with van der Waals surface area (Å²) < 4.78 is 0. The van der Waals surface area contributed by atoms with Crippen molar-refractivity contribution in [3.05, 3.63) is 47.0 Å². The van der Waals surface area contributed by atoms with Crippen LogP contribution in [-0.2, 0) is 12.3 Å². The molecule has 0 aliphatic rings. The van der Waals surface area contributed by atoms with Crippen LogP contribution in [0.25, 0.3) is 0 Å². The highest BCUT2D eigenvalue weighted by molar-refractivity contribution is 7.98. The zero-order chi connectivity index (χ0) is 12.1. The first-order valence-electron chi connectivity index (χ1n) is 5.33. The minimum atomic E-state index is 0.767. The summed E-state index contributed by atoms with van der Waals surface area (Å²) in [5, 5.41) is 3.85. The van der Waals surface area contributed by atoms with E-state index in [0.717, 1.165) is 28.8 Å². The molecule has 0 bridgehead atoms. The first kappa shape index (κ1) is 12.5. The molecule has 0 fully saturated rings. The maximum absolute atomic E-state index is 5.83. The molecule has 0 aliphatic heterocycles. The molecule has 0 saturated carbocycles. The van der Waals surface area contributed by atoms with E-state index in [0.29, 0.717) is 0 Å². The Morgan fingerprint density at radius 3 is 2.82 bits per heavy atom. The van der Waals surface area contributed by atoms with Crippen molar-refractivity contribution in [2.24, 2.45) is 0 Å². The molecule has 90 valence electrons. The Morgan fingerprint density at radius 2 is 2.12 bits per heavy atom. The molecule has 2 aromatic rings. The second kappa shape index (κ2) is 6.10. The third kappa shape index (κ3) is 3.77. The number of nitrogens with one attached hydrogen (secondary N) is 2. The van der Waals surface area contributed by atoms with Crippen molar-refractivity contribution in [2.45, 2.75) is 17.2 Å². The molecular formula is C12H14ClN3S. The van der Waals surface area contributed by atoms with Crippen LogP contribution >= 0.6 is 23.4 Å². The maximum atomic E-state index is 5.83. The molecular weight excluding hydrogens is 254 g/mol. The van der Waals surface area contributed by atoms with E-state index in [1.165, 1.54) is 4.90 Å². The third-order valence-corrected chi connectivity index (χ3v) is 3.51. The second-order valence-corrected chi connectivity index (χ2v) is 5.11. The molecule has 1 aromatic heterocycles. The molecule has 2 N–H and O–H groups in total. The summed E-state index contributed by atoms with van der Waals surface area (Å²) in [5.41, 5.74) is 1.11. The monoisotopic (exact) mass is 267 g/mol. The fraction of sp³-hybridized carbons (Fsp3) is 0.250. The van der Waals surface area contributed by atoms with Crippen molar-refractivity contribution in [2.75, 3.05) is 7.05 Å². The van der Waals surface area contributed by atoms with Crippen molar-refractivity contribution in [3.8, 4) is 0 Å². The molecule has 0 spiro atoms. The lowest BCUT2D eigenvalue weighted by atomic mass is 10.4. The van der Waals surface area contributed by atoms with E-state index >= 15 is 0 Å². The Balaban J connectivity index is 1.90. The van der Waals surface area contributed by atoms with Crippen LogP contribution in [0.1, 0.15) is 11.5 Å². The van der Waals surface area contributed by atoms with E-state index in [-0.39, 0.29) is 0 Å². The minimum Gasteiger partial charge on any atom is -0.344 e. The molecule has 0 unspecified atom stereocenters. The van der Waals surface area contributed by atoms with Gasteiger partial charge in [-0.3, -0.25) is 0 Å². The molecule has 5 heteroatoms. The summed E-state index contributed by atoms with van der Waals surface area (Å²) in [4.78, 5) is 8.80. The van der Waals surface area contributed by atoms with Gasteiger partial charge < -0.3 is 10.3 Å². The predicted octanol–water partition coefficient (Wildman–Crippen LogP) is 3.07. The van der Waals surface area contributed by atoms with E-state index in [4.69, 9.17) is 11.6 Å². The lowest BCUT2D eigenvalue weighted by molar-refractivity contribution is 0.794. The van der Waals surface area contributed by atoms with Gasteiger partial charge in [0.15, 0.2) is 0 Å². The van der Waals surface area contributed by atoms with Gasteiger partial charge in [0.1, 0.15) is 5.82 Å². The van der Waals surface area contributed by atoms with Gasteiger partial charge in [-0.25, -0.2) is 4.98 Å². The van der Waals surface area contributed by atoms with Gasteiger partial charge >= 0.3 is 0 Å². The Bertz CT molecular complexity index is 467. The zero-order valence-electron chi connectivity index (χ0n) is 9.53. The van der Waals surface area contributed by atoms with Crippen LogP contribution < -0.4 is 5.32 Å². The predicted molar refractivity (Wildman–Crippen MR) is 72.4 cm³/mol. The lowest BCUT2D eigenvalue weighted by Crippen LogP contribution is -2.05. The number of imidazole rings is 1. The van der Waals surface area contributed by atoms with E-state index in [1.54, 1.807) is 11.8 Å². The molecule has 1 aromatic carbocycles. The molecule has 2 rings (SSSR count). The number of nitrogens with zero attached hydrogens (tertiary/aromatic N) is 1. The SMILES string of the molecule is CNCc1cnc(CSc2ccc(Cl)cc2)[nH]1. The zero-order valence-corrected chi connectivity index (χ0v) is 11.1. The van der Waals surface area contributed by atoms with Crippen molar-refractivity contribution in [1.82, 2.24) is 15.3 Å². The largest absolute Gasteiger partial charge is 0.344 e. The Hall–Kier alpha value is -0.970. The highest BCUT2D eigenvalue weighted by Crippen LogP contribution is 2.23. The molecule has 0 radical (unpaired) electrons. The summed E-state index contributed by atoms with van der Waals surface area (Å²) in [5.74, 6) is 1.83. The standard InChI is InChI=1S/C12H14ClN3S/c1-14-6-10-7-15-12(16-10)8-17-11-4-2-9(13)3-5-11/h2-5,7,14H,6,8H2,1H3,(H,15,16). The molecule has 17 heavy (non-hydrogen) atoms. The minimum absolute atomic E-state index is 0.767. The Kier molecular flexibility index (Phi) is 4.48. The van der Waals surface area contributed by atoms with Gasteiger partial charge in [0, 0.05) is 28.4 Å².